The van der Waals surface area contributed by atoms with Crippen molar-refractivity contribution in [3.8, 4) is 66.1 Å². The van der Waals surface area contributed by atoms with E-state index in [0.29, 0.717) is 0 Å². The fourth-order valence-electron chi connectivity index (χ4n) is 7.78. The van der Waals surface area contributed by atoms with Crippen LogP contribution in [0.4, 0.5) is 0 Å². The Morgan fingerprint density at radius 2 is 0.804 bits per heavy atom. The van der Waals surface area contributed by atoms with Crippen LogP contribution in [0, 0.1) is 0 Å². The minimum Gasteiger partial charge on any atom is -0.458 e. The van der Waals surface area contributed by atoms with Gasteiger partial charge in [-0.2, -0.15) is 0 Å². The van der Waals surface area contributed by atoms with Gasteiger partial charge in [0.25, 0.3) is 6.71 Å². The summed E-state index contributed by atoms with van der Waals surface area (Å²) in [5.74, 6) is 3.51. The molecule has 0 fully saturated rings. The van der Waals surface area contributed by atoms with E-state index in [1.165, 1.54) is 41.1 Å². The van der Waals surface area contributed by atoms with E-state index in [0.717, 1.165) is 61.6 Å². The standard InChI is InChI=1S/C46H27BO2S2/c1-7-15-40-32(9-1)25-42(50-40)30-21-17-28(18-22-30)34-27-35(29-19-23-31(24-20-29)43-26-33-10-2-8-16-41(33)51-43)46-44-45(34)48-38-13-5-3-11-36(38)47(44)37-12-4-6-14-39(37)49-46/h1-27H. The van der Waals surface area contributed by atoms with E-state index in [2.05, 4.69) is 164 Å². The Morgan fingerprint density at radius 3 is 1.27 bits per heavy atom. The summed E-state index contributed by atoms with van der Waals surface area (Å²) >= 11 is 3.67. The van der Waals surface area contributed by atoms with Crippen LogP contribution in [0.15, 0.2) is 164 Å². The monoisotopic (exact) mass is 686 g/mol. The van der Waals surface area contributed by atoms with E-state index in [1.54, 1.807) is 0 Å². The summed E-state index contributed by atoms with van der Waals surface area (Å²) in [4.78, 5) is 2.54. The molecule has 9 aromatic rings. The van der Waals surface area contributed by atoms with Crippen LogP contribution < -0.4 is 25.9 Å². The molecule has 51 heavy (non-hydrogen) atoms. The topological polar surface area (TPSA) is 18.5 Å². The number of fused-ring (bicyclic) bond motifs is 6. The first-order chi connectivity index (χ1) is 25.2. The van der Waals surface area contributed by atoms with E-state index in [9.17, 15) is 0 Å². The highest BCUT2D eigenvalue weighted by molar-refractivity contribution is 7.22. The molecule has 0 radical (unpaired) electrons. The minimum atomic E-state index is -0.0146. The van der Waals surface area contributed by atoms with Crippen LogP contribution in [0.2, 0.25) is 0 Å². The second-order valence-corrected chi connectivity index (χ2v) is 15.4. The van der Waals surface area contributed by atoms with Gasteiger partial charge < -0.3 is 9.47 Å². The highest BCUT2D eigenvalue weighted by atomic mass is 32.1. The van der Waals surface area contributed by atoms with Crippen molar-refractivity contribution in [1.29, 1.82) is 0 Å². The Morgan fingerprint density at radius 1 is 0.392 bits per heavy atom. The van der Waals surface area contributed by atoms with Gasteiger partial charge in [0.1, 0.15) is 23.0 Å². The Kier molecular flexibility index (Phi) is 6.42. The lowest BCUT2D eigenvalue weighted by Crippen LogP contribution is -2.57. The lowest BCUT2D eigenvalue weighted by Gasteiger charge is -2.35. The van der Waals surface area contributed by atoms with Crippen molar-refractivity contribution in [1.82, 2.24) is 0 Å². The Hall–Kier alpha value is -5.88. The molecule has 0 amide bonds. The molecule has 2 aliphatic rings. The Balaban J connectivity index is 1.10. The van der Waals surface area contributed by atoms with Gasteiger partial charge in [-0.05, 0) is 86.4 Å². The first-order valence-electron chi connectivity index (χ1n) is 17.2. The van der Waals surface area contributed by atoms with E-state index in [1.807, 2.05) is 22.7 Å². The zero-order valence-electron chi connectivity index (χ0n) is 27.3. The van der Waals surface area contributed by atoms with Crippen LogP contribution in [-0.4, -0.2) is 6.71 Å². The van der Waals surface area contributed by atoms with Gasteiger partial charge in [-0.3, -0.25) is 0 Å². The van der Waals surface area contributed by atoms with E-state index < -0.39 is 0 Å². The normalized spacial score (nSPS) is 12.6. The van der Waals surface area contributed by atoms with E-state index in [4.69, 9.17) is 9.47 Å². The predicted octanol–water partition coefficient (Wildman–Crippen LogP) is 11.5. The summed E-state index contributed by atoms with van der Waals surface area (Å²) in [6.45, 7) is -0.0146. The second-order valence-electron chi connectivity index (χ2n) is 13.2. The molecule has 0 spiro atoms. The number of hydrogen-bond acceptors (Lipinski definition) is 4. The molecule has 2 aliphatic heterocycles. The maximum atomic E-state index is 6.90. The fraction of sp³-hybridized carbons (Fsp3) is 0. The van der Waals surface area contributed by atoms with Crippen molar-refractivity contribution in [3.05, 3.63) is 164 Å². The van der Waals surface area contributed by atoms with Crippen molar-refractivity contribution in [3.63, 3.8) is 0 Å². The fourth-order valence-corrected chi connectivity index (χ4v) is 9.91. The number of para-hydroxylation sites is 2. The van der Waals surface area contributed by atoms with Crippen LogP contribution in [0.1, 0.15) is 0 Å². The van der Waals surface area contributed by atoms with Crippen LogP contribution in [-0.2, 0) is 0 Å². The summed E-state index contributed by atoms with van der Waals surface area (Å²) in [6, 6.07) is 58.8. The molecule has 0 saturated heterocycles. The van der Waals surface area contributed by atoms with Gasteiger partial charge in [-0.25, -0.2) is 0 Å². The zero-order chi connectivity index (χ0) is 33.5. The van der Waals surface area contributed by atoms with Crippen molar-refractivity contribution in [2.75, 3.05) is 0 Å². The second kappa shape index (κ2) is 11.3. The van der Waals surface area contributed by atoms with Gasteiger partial charge in [0.2, 0.25) is 0 Å². The molecule has 0 aliphatic carbocycles. The quantitative estimate of drug-likeness (QED) is 0.172. The molecule has 7 aromatic carbocycles. The summed E-state index contributed by atoms with van der Waals surface area (Å²) in [7, 11) is 0. The van der Waals surface area contributed by atoms with Crippen molar-refractivity contribution >= 4 is 65.9 Å². The lowest BCUT2D eigenvalue weighted by molar-refractivity contribution is 0.467. The number of benzene rings is 7. The third kappa shape index (κ3) is 4.62. The molecule has 0 atom stereocenters. The van der Waals surface area contributed by atoms with Gasteiger partial charge in [0.15, 0.2) is 0 Å². The third-order valence-electron chi connectivity index (χ3n) is 10.3. The van der Waals surface area contributed by atoms with Crippen molar-refractivity contribution in [2.24, 2.45) is 0 Å². The number of hydrogen-bond donors (Lipinski definition) is 0. The van der Waals surface area contributed by atoms with E-state index >= 15 is 0 Å². The third-order valence-corrected chi connectivity index (χ3v) is 12.6. The molecule has 11 rings (SSSR count). The average Bonchev–Trinajstić information content (AvgIpc) is 3.83. The summed E-state index contributed by atoms with van der Waals surface area (Å²) in [5.41, 5.74) is 10.2. The Bertz CT molecular complexity index is 2560. The van der Waals surface area contributed by atoms with Gasteiger partial charge in [-0.15, -0.1) is 22.7 Å². The smallest absolute Gasteiger partial charge is 0.260 e. The molecule has 0 N–H and O–H groups in total. The minimum absolute atomic E-state index is 0.0146. The molecule has 2 nitrogen and oxygen atoms in total. The summed E-state index contributed by atoms with van der Waals surface area (Å²) in [6.07, 6.45) is 0. The number of thiophene rings is 2. The highest BCUT2D eigenvalue weighted by Gasteiger charge is 2.42. The predicted molar refractivity (Wildman–Crippen MR) is 217 cm³/mol. The largest absolute Gasteiger partial charge is 0.458 e. The van der Waals surface area contributed by atoms with Crippen LogP contribution in [0.5, 0.6) is 23.0 Å². The Labute approximate surface area is 303 Å². The van der Waals surface area contributed by atoms with Crippen LogP contribution >= 0.6 is 22.7 Å². The first kappa shape index (κ1) is 28.9. The molecule has 238 valence electrons. The first-order valence-corrected chi connectivity index (χ1v) is 18.8. The van der Waals surface area contributed by atoms with Gasteiger partial charge >= 0.3 is 0 Å². The van der Waals surface area contributed by atoms with Crippen molar-refractivity contribution < 1.29 is 9.47 Å². The molecular formula is C46H27BO2S2. The van der Waals surface area contributed by atoms with Crippen LogP contribution in [0.3, 0.4) is 0 Å². The molecular weight excluding hydrogens is 659 g/mol. The van der Waals surface area contributed by atoms with E-state index in [-0.39, 0.29) is 6.71 Å². The lowest BCUT2D eigenvalue weighted by atomic mass is 9.34. The molecule has 4 heterocycles. The van der Waals surface area contributed by atoms with Crippen LogP contribution in [0.25, 0.3) is 63.3 Å². The highest BCUT2D eigenvalue weighted by Crippen LogP contribution is 2.47. The van der Waals surface area contributed by atoms with Crippen molar-refractivity contribution in [2.45, 2.75) is 0 Å². The molecule has 2 aromatic heterocycles. The maximum Gasteiger partial charge on any atom is 0.260 e. The summed E-state index contributed by atoms with van der Waals surface area (Å²) < 4.78 is 16.4. The molecule has 0 saturated carbocycles. The molecule has 0 unspecified atom stereocenters. The number of rotatable bonds is 4. The SMILES string of the molecule is c1ccc2c(c1)Oc1c(-c3ccc(-c4cc5ccccc5s4)cc3)cc(-c3ccc(-c4cc5ccccc5s4)cc3)c3c1B2c1ccccc1O3. The van der Waals surface area contributed by atoms with Gasteiger partial charge in [0.05, 0.1) is 0 Å². The zero-order valence-corrected chi connectivity index (χ0v) is 28.9. The summed E-state index contributed by atoms with van der Waals surface area (Å²) in [5, 5.41) is 2.56. The molecule has 0 bridgehead atoms. The maximum absolute atomic E-state index is 6.90. The number of ether oxygens (including phenoxy) is 2. The van der Waals surface area contributed by atoms with Gasteiger partial charge in [-0.1, -0.05) is 121 Å². The average molecular weight is 687 g/mol. The van der Waals surface area contributed by atoms with Gasteiger partial charge in [0, 0.05) is 35.7 Å². The molecule has 5 heteroatoms.